The van der Waals surface area contributed by atoms with Crippen LogP contribution < -0.4 is 88.7 Å². The summed E-state index contributed by atoms with van der Waals surface area (Å²) >= 11 is 0. The zero-order valence-electron chi connectivity index (χ0n) is 7.21. The summed E-state index contributed by atoms with van der Waals surface area (Å²) in [7, 11) is 0. The van der Waals surface area contributed by atoms with Gasteiger partial charge in [-0.15, -0.1) is 0 Å². The summed E-state index contributed by atoms with van der Waals surface area (Å²) in [5.74, 6) is 0. The molecule has 0 saturated carbocycles. The number of hydrogen-bond donors (Lipinski definition) is 0. The van der Waals surface area contributed by atoms with Gasteiger partial charge in [0.05, 0.1) is 0 Å². The quantitative estimate of drug-likeness (QED) is 0.356. The molecule has 0 aliphatic heterocycles. The van der Waals surface area contributed by atoms with Gasteiger partial charge >= 0.3 is 113 Å². The van der Waals surface area contributed by atoms with Gasteiger partial charge in [0.2, 0.25) is 0 Å². The Bertz CT molecular complexity index is 14.5. The molecule has 0 unspecified atom stereocenters. The third-order valence-electron chi connectivity index (χ3n) is 0. The van der Waals surface area contributed by atoms with E-state index in [-0.39, 0.29) is 122 Å². The van der Waals surface area contributed by atoms with Crippen molar-refractivity contribution in [3.63, 3.8) is 0 Å². The third kappa shape index (κ3) is 18.2. The van der Waals surface area contributed by atoms with Gasteiger partial charge in [-0.2, -0.15) is 0 Å². The Balaban J connectivity index is 0. The monoisotopic (exact) mass is 212 g/mol. The SMILES string of the molecule is O.[H-].[H-].[H-].[Na+].[Na+].[Na+].[SnH2]. The molecule has 0 fully saturated rings. The molecule has 0 aromatic rings. The average molecular weight is 211 g/mol. The van der Waals surface area contributed by atoms with Crippen molar-refractivity contribution in [2.45, 2.75) is 0 Å². The van der Waals surface area contributed by atoms with Crippen molar-refractivity contribution in [2.24, 2.45) is 0 Å². The van der Waals surface area contributed by atoms with Gasteiger partial charge in [-0.3, -0.25) is 0 Å². The minimum absolute atomic E-state index is 0. The van der Waals surface area contributed by atoms with Crippen molar-refractivity contribution in [1.29, 1.82) is 0 Å². The summed E-state index contributed by atoms with van der Waals surface area (Å²) in [6.45, 7) is 0. The van der Waals surface area contributed by atoms with Crippen molar-refractivity contribution < 1.29 is 98.4 Å². The molecule has 0 atom stereocenters. The van der Waals surface area contributed by atoms with Gasteiger partial charge in [0.1, 0.15) is 0 Å². The topological polar surface area (TPSA) is 31.5 Å². The Morgan fingerprint density at radius 2 is 0.800 bits per heavy atom. The first-order valence-electron chi connectivity index (χ1n) is 0. The first-order valence-corrected chi connectivity index (χ1v) is 0. The second-order valence-corrected chi connectivity index (χ2v) is 0. The zero-order chi connectivity index (χ0) is 0. The minimum atomic E-state index is 0. The van der Waals surface area contributed by atoms with Gasteiger partial charge < -0.3 is 9.76 Å². The van der Waals surface area contributed by atoms with E-state index in [0.717, 1.165) is 0 Å². The van der Waals surface area contributed by atoms with Crippen LogP contribution in [0.2, 0.25) is 0 Å². The molecular formula is H7Na3OSn. The van der Waals surface area contributed by atoms with Crippen molar-refractivity contribution >= 4 is 23.9 Å². The Morgan fingerprint density at radius 1 is 0.800 bits per heavy atom. The van der Waals surface area contributed by atoms with Crippen LogP contribution in [0.25, 0.3) is 0 Å². The van der Waals surface area contributed by atoms with Crippen LogP contribution in [0.4, 0.5) is 0 Å². The molecule has 5 heteroatoms. The summed E-state index contributed by atoms with van der Waals surface area (Å²) in [6.07, 6.45) is 0. The fourth-order valence-corrected chi connectivity index (χ4v) is 0. The van der Waals surface area contributed by atoms with E-state index in [0.29, 0.717) is 0 Å². The molecule has 0 bridgehead atoms. The summed E-state index contributed by atoms with van der Waals surface area (Å²) in [5.41, 5.74) is 0. The number of rotatable bonds is 0. The molecule has 1 nitrogen and oxygen atoms in total. The Kier molecular flexibility index (Phi) is 187. The van der Waals surface area contributed by atoms with Crippen LogP contribution >= 0.6 is 0 Å². The molecule has 2 N–H and O–H groups in total. The van der Waals surface area contributed by atoms with E-state index in [2.05, 4.69) is 0 Å². The second kappa shape index (κ2) is 25.1. The molecule has 20 valence electrons. The van der Waals surface area contributed by atoms with E-state index in [9.17, 15) is 0 Å². The van der Waals surface area contributed by atoms with E-state index in [1.807, 2.05) is 0 Å². The van der Waals surface area contributed by atoms with Crippen molar-refractivity contribution in [2.75, 3.05) is 0 Å². The van der Waals surface area contributed by atoms with Crippen molar-refractivity contribution in [1.82, 2.24) is 0 Å². The van der Waals surface area contributed by atoms with Crippen LogP contribution in [0.1, 0.15) is 4.28 Å². The molecule has 2 radical (unpaired) electrons. The van der Waals surface area contributed by atoms with Crippen LogP contribution in [0, 0.1) is 0 Å². The van der Waals surface area contributed by atoms with Gasteiger partial charge in [0.15, 0.2) is 0 Å². The normalized spacial score (nSPS) is 0. The average Bonchev–Trinajstić information content (AvgIpc) is 0. The summed E-state index contributed by atoms with van der Waals surface area (Å²) in [6, 6.07) is 0. The van der Waals surface area contributed by atoms with E-state index >= 15 is 0 Å². The fourth-order valence-electron chi connectivity index (χ4n) is 0. The molecule has 5 heavy (non-hydrogen) atoms. The van der Waals surface area contributed by atoms with E-state index in [4.69, 9.17) is 0 Å². The number of hydrogen-bond acceptors (Lipinski definition) is 0. The Hall–Kier alpha value is 3.76. The molecule has 0 aliphatic carbocycles. The van der Waals surface area contributed by atoms with E-state index in [1.54, 1.807) is 0 Å². The predicted molar refractivity (Wildman–Crippen MR) is 15.5 cm³/mol. The zero-order valence-corrected chi connectivity index (χ0v) is 14.2. The molecule has 0 rings (SSSR count). The van der Waals surface area contributed by atoms with Crippen LogP contribution in [-0.4, -0.2) is 29.4 Å². The van der Waals surface area contributed by atoms with Crippen molar-refractivity contribution in [3.05, 3.63) is 0 Å². The molecule has 0 saturated heterocycles. The Morgan fingerprint density at radius 3 is 0.800 bits per heavy atom. The molecule has 0 heterocycles. The molecule has 0 amide bonds. The van der Waals surface area contributed by atoms with Crippen LogP contribution in [0.5, 0.6) is 0 Å². The first-order chi connectivity index (χ1) is 0. The summed E-state index contributed by atoms with van der Waals surface area (Å²) in [4.78, 5) is 0. The molecule has 0 spiro atoms. The van der Waals surface area contributed by atoms with Gasteiger partial charge in [-0.05, 0) is 0 Å². The van der Waals surface area contributed by atoms with Crippen molar-refractivity contribution in [3.8, 4) is 0 Å². The molecule has 0 aliphatic rings. The molecule has 0 aromatic carbocycles. The van der Waals surface area contributed by atoms with Crippen LogP contribution in [-0.2, 0) is 0 Å². The molecule has 0 aromatic heterocycles. The van der Waals surface area contributed by atoms with E-state index in [1.165, 1.54) is 0 Å². The first kappa shape index (κ1) is 37.3. The Labute approximate surface area is 120 Å². The second-order valence-electron chi connectivity index (χ2n) is 0. The maximum absolute atomic E-state index is 0. The fraction of sp³-hybridized carbons (Fsp3) is 0. The predicted octanol–water partition coefficient (Wildman–Crippen LogP) is -10.4. The van der Waals surface area contributed by atoms with Gasteiger partial charge in [0.25, 0.3) is 0 Å². The van der Waals surface area contributed by atoms with Gasteiger partial charge in [0, 0.05) is 0 Å². The molecular weight excluding hydrogens is 204 g/mol. The maximum atomic E-state index is 0. The summed E-state index contributed by atoms with van der Waals surface area (Å²) < 4.78 is 0. The van der Waals surface area contributed by atoms with Gasteiger partial charge in [-0.1, -0.05) is 0 Å². The summed E-state index contributed by atoms with van der Waals surface area (Å²) in [5, 5.41) is 0. The van der Waals surface area contributed by atoms with Crippen LogP contribution in [0.3, 0.4) is 0 Å². The van der Waals surface area contributed by atoms with Crippen LogP contribution in [0.15, 0.2) is 0 Å². The standard InChI is InChI=1S/3Na.H2O.Sn.5H/h;;;1H2;;;;;;/q3*+1;;;;;3*-1. The van der Waals surface area contributed by atoms with E-state index < -0.39 is 0 Å². The van der Waals surface area contributed by atoms with Gasteiger partial charge in [-0.25, -0.2) is 0 Å². The third-order valence-corrected chi connectivity index (χ3v) is 0.